The third-order valence-electron chi connectivity index (χ3n) is 5.78. The minimum absolute atomic E-state index is 0.0785. The van der Waals surface area contributed by atoms with Crippen molar-refractivity contribution in [3.05, 3.63) is 65.7 Å². The highest BCUT2D eigenvalue weighted by Gasteiger charge is 2.32. The van der Waals surface area contributed by atoms with Gasteiger partial charge >= 0.3 is 5.97 Å². The lowest BCUT2D eigenvalue weighted by molar-refractivity contribution is -0.145. The third kappa shape index (κ3) is 5.83. The van der Waals surface area contributed by atoms with Gasteiger partial charge in [-0.05, 0) is 55.4 Å². The van der Waals surface area contributed by atoms with E-state index in [0.717, 1.165) is 23.3 Å². The number of nitrogens with zero attached hydrogens (tertiary/aromatic N) is 1. The van der Waals surface area contributed by atoms with E-state index in [0.29, 0.717) is 38.8 Å². The van der Waals surface area contributed by atoms with Gasteiger partial charge in [-0.15, -0.1) is 0 Å². The summed E-state index contributed by atoms with van der Waals surface area (Å²) in [4.78, 5) is 26.4. The van der Waals surface area contributed by atoms with Gasteiger partial charge in [0.2, 0.25) is 5.91 Å². The molecule has 5 nitrogen and oxygen atoms in total. The third-order valence-corrected chi connectivity index (χ3v) is 5.78. The Morgan fingerprint density at radius 2 is 1.55 bits per heavy atom. The number of methoxy groups -OCH3 is 1. The van der Waals surface area contributed by atoms with Gasteiger partial charge in [-0.1, -0.05) is 42.5 Å². The summed E-state index contributed by atoms with van der Waals surface area (Å²) >= 11 is 0. The highest BCUT2D eigenvalue weighted by Crippen LogP contribution is 2.30. The number of benzene rings is 2. The van der Waals surface area contributed by atoms with Crippen molar-refractivity contribution in [2.24, 2.45) is 11.8 Å². The molecule has 0 saturated heterocycles. The average Bonchev–Trinajstić information content (AvgIpc) is 2.77. The number of rotatable bonds is 8. The van der Waals surface area contributed by atoms with Crippen molar-refractivity contribution in [1.29, 1.82) is 0 Å². The number of hydrogen-bond donors (Lipinski definition) is 1. The van der Waals surface area contributed by atoms with Gasteiger partial charge in [0.15, 0.2) is 0 Å². The summed E-state index contributed by atoms with van der Waals surface area (Å²) in [7, 11) is 1.65. The number of carboxylic acid groups (broad SMARTS) is 1. The van der Waals surface area contributed by atoms with E-state index in [1.807, 2.05) is 59.5 Å². The Morgan fingerprint density at radius 1 is 0.931 bits per heavy atom. The van der Waals surface area contributed by atoms with Crippen LogP contribution in [0.4, 0.5) is 0 Å². The molecule has 1 saturated carbocycles. The molecule has 0 aliphatic heterocycles. The Hall–Kier alpha value is -2.82. The van der Waals surface area contributed by atoms with E-state index in [1.165, 1.54) is 0 Å². The van der Waals surface area contributed by atoms with Crippen molar-refractivity contribution in [1.82, 2.24) is 4.90 Å². The zero-order valence-electron chi connectivity index (χ0n) is 16.9. The van der Waals surface area contributed by atoms with Crippen molar-refractivity contribution < 1.29 is 19.4 Å². The number of carbonyl (C=O) groups excluding carboxylic acids is 1. The van der Waals surface area contributed by atoms with Crippen LogP contribution in [-0.2, 0) is 22.6 Å². The number of aliphatic carboxylic acids is 1. The summed E-state index contributed by atoms with van der Waals surface area (Å²) in [5, 5.41) is 9.21. The number of hydrogen-bond acceptors (Lipinski definition) is 3. The average molecular weight is 395 g/mol. The van der Waals surface area contributed by atoms with E-state index >= 15 is 0 Å². The molecule has 154 valence electrons. The maximum atomic E-state index is 13.3. The largest absolute Gasteiger partial charge is 0.497 e. The van der Waals surface area contributed by atoms with Crippen LogP contribution in [0.25, 0.3) is 0 Å². The summed E-state index contributed by atoms with van der Waals surface area (Å²) < 4.78 is 5.21. The fourth-order valence-electron chi connectivity index (χ4n) is 3.97. The summed E-state index contributed by atoms with van der Waals surface area (Å²) in [6, 6.07) is 17.9. The lowest BCUT2D eigenvalue weighted by Crippen LogP contribution is -2.39. The van der Waals surface area contributed by atoms with Crippen molar-refractivity contribution in [2.75, 3.05) is 13.7 Å². The van der Waals surface area contributed by atoms with Crippen molar-refractivity contribution in [3.63, 3.8) is 0 Å². The quantitative estimate of drug-likeness (QED) is 0.729. The second-order valence-corrected chi connectivity index (χ2v) is 7.73. The van der Waals surface area contributed by atoms with Crippen LogP contribution >= 0.6 is 0 Å². The maximum absolute atomic E-state index is 13.3. The summed E-state index contributed by atoms with van der Waals surface area (Å²) in [6.45, 7) is 1.22. The Balaban J connectivity index is 1.66. The van der Waals surface area contributed by atoms with Gasteiger partial charge < -0.3 is 14.7 Å². The molecule has 5 heteroatoms. The second-order valence-electron chi connectivity index (χ2n) is 7.73. The van der Waals surface area contributed by atoms with Gasteiger partial charge in [0, 0.05) is 19.0 Å². The van der Waals surface area contributed by atoms with Gasteiger partial charge in [-0.25, -0.2) is 0 Å². The van der Waals surface area contributed by atoms with Crippen LogP contribution in [0.1, 0.15) is 36.8 Å². The smallest absolute Gasteiger partial charge is 0.306 e. The molecule has 1 N–H and O–H groups in total. The molecule has 1 fully saturated rings. The molecule has 0 spiro atoms. The van der Waals surface area contributed by atoms with Crippen molar-refractivity contribution in [3.8, 4) is 5.75 Å². The van der Waals surface area contributed by atoms with E-state index in [2.05, 4.69) is 0 Å². The topological polar surface area (TPSA) is 66.8 Å². The molecular formula is C24H29NO4. The van der Waals surface area contributed by atoms with Gasteiger partial charge in [-0.2, -0.15) is 0 Å². The first-order valence-electron chi connectivity index (χ1n) is 10.2. The first-order chi connectivity index (χ1) is 14.1. The van der Waals surface area contributed by atoms with E-state index in [4.69, 9.17) is 4.74 Å². The molecule has 0 heterocycles. The van der Waals surface area contributed by atoms with E-state index in [9.17, 15) is 14.7 Å². The molecule has 3 rings (SSSR count). The van der Waals surface area contributed by atoms with Gasteiger partial charge in [-0.3, -0.25) is 9.59 Å². The zero-order chi connectivity index (χ0) is 20.6. The van der Waals surface area contributed by atoms with Crippen LogP contribution in [0.5, 0.6) is 5.75 Å². The number of carbonyl (C=O) groups is 2. The lowest BCUT2D eigenvalue weighted by Gasteiger charge is -2.31. The lowest BCUT2D eigenvalue weighted by atomic mass is 9.81. The molecule has 1 aliphatic rings. The summed E-state index contributed by atoms with van der Waals surface area (Å²) in [6.07, 6.45) is 3.26. The summed E-state index contributed by atoms with van der Waals surface area (Å²) in [5.41, 5.74) is 2.26. The predicted octanol–water partition coefficient (Wildman–Crippen LogP) is 4.16. The number of amides is 1. The molecular weight excluding hydrogens is 366 g/mol. The van der Waals surface area contributed by atoms with Crippen LogP contribution in [0.2, 0.25) is 0 Å². The molecule has 0 unspecified atom stereocenters. The molecule has 0 radical (unpaired) electrons. The van der Waals surface area contributed by atoms with Crippen LogP contribution in [0.15, 0.2) is 54.6 Å². The molecule has 0 aromatic heterocycles. The van der Waals surface area contributed by atoms with Crippen molar-refractivity contribution >= 4 is 11.9 Å². The number of carboxylic acids is 1. The van der Waals surface area contributed by atoms with E-state index in [-0.39, 0.29) is 17.7 Å². The monoisotopic (exact) mass is 395 g/mol. The minimum Gasteiger partial charge on any atom is -0.497 e. The highest BCUT2D eigenvalue weighted by atomic mass is 16.5. The molecule has 29 heavy (non-hydrogen) atoms. The Kier molecular flexibility index (Phi) is 7.28. The summed E-state index contributed by atoms with van der Waals surface area (Å²) in [5.74, 6) is -0.157. The maximum Gasteiger partial charge on any atom is 0.306 e. The molecule has 2 aromatic rings. The minimum atomic E-state index is -0.739. The Labute approximate surface area is 172 Å². The first kappa shape index (κ1) is 20.9. The molecule has 1 amide bonds. The standard InChI is InChI=1S/C24H29NO4/c1-29-22-13-7-18(8-14-22)15-16-25(17-19-5-3-2-4-6-19)23(26)20-9-11-21(12-10-20)24(27)28/h2-8,13-14,20-21H,9-12,15-17H2,1H3,(H,27,28). The second kappa shape index (κ2) is 10.1. The molecule has 0 atom stereocenters. The van der Waals surface area contributed by atoms with Gasteiger partial charge in [0.1, 0.15) is 5.75 Å². The molecule has 1 aliphatic carbocycles. The van der Waals surface area contributed by atoms with Gasteiger partial charge in [0.25, 0.3) is 0 Å². The Bertz CT molecular complexity index is 795. The zero-order valence-corrected chi connectivity index (χ0v) is 16.9. The first-order valence-corrected chi connectivity index (χ1v) is 10.2. The highest BCUT2D eigenvalue weighted by molar-refractivity contribution is 5.79. The predicted molar refractivity (Wildman–Crippen MR) is 112 cm³/mol. The number of ether oxygens (including phenoxy) is 1. The molecule has 2 aromatic carbocycles. The van der Waals surface area contributed by atoms with E-state index in [1.54, 1.807) is 7.11 Å². The SMILES string of the molecule is COc1ccc(CCN(Cc2ccccc2)C(=O)C2CCC(C(=O)O)CC2)cc1. The van der Waals surface area contributed by atoms with Gasteiger partial charge in [0.05, 0.1) is 13.0 Å². The van der Waals surface area contributed by atoms with Crippen LogP contribution in [-0.4, -0.2) is 35.5 Å². The van der Waals surface area contributed by atoms with Crippen molar-refractivity contribution in [2.45, 2.75) is 38.6 Å². The van der Waals surface area contributed by atoms with Crippen LogP contribution in [0.3, 0.4) is 0 Å². The van der Waals surface area contributed by atoms with E-state index < -0.39 is 5.97 Å². The fourth-order valence-corrected chi connectivity index (χ4v) is 3.97. The fraction of sp³-hybridized carbons (Fsp3) is 0.417. The molecule has 0 bridgehead atoms. The Morgan fingerprint density at radius 3 is 2.14 bits per heavy atom. The normalized spacial score (nSPS) is 18.8. The van der Waals surface area contributed by atoms with Crippen LogP contribution in [0, 0.1) is 11.8 Å². The van der Waals surface area contributed by atoms with Crippen LogP contribution < -0.4 is 4.74 Å².